The van der Waals surface area contributed by atoms with Crippen molar-refractivity contribution in [2.24, 2.45) is 0 Å². The van der Waals surface area contributed by atoms with E-state index >= 15 is 0 Å². The first-order valence-electron chi connectivity index (χ1n) is 9.93. The highest BCUT2D eigenvalue weighted by atomic mass is 32.2. The van der Waals surface area contributed by atoms with E-state index in [9.17, 15) is 26.4 Å². The number of amides is 1. The van der Waals surface area contributed by atoms with Crippen LogP contribution in [-0.2, 0) is 16.0 Å². The van der Waals surface area contributed by atoms with Crippen molar-refractivity contribution in [1.29, 1.82) is 0 Å². The SMILES string of the molecule is CC(C)c1ccc(S(C)(=O)=O)cc1C(=O)N1CCN(c2ccc(C(F)(F)F)cc2)CC1. The van der Waals surface area contributed by atoms with Crippen LogP contribution in [0.1, 0.15) is 41.3 Å². The quantitative estimate of drug-likeness (QED) is 0.695. The molecule has 5 nitrogen and oxygen atoms in total. The van der Waals surface area contributed by atoms with Gasteiger partial charge in [0, 0.05) is 43.7 Å². The Morgan fingerprint density at radius 1 is 0.968 bits per heavy atom. The summed E-state index contributed by atoms with van der Waals surface area (Å²) in [5.74, 6) is -0.192. The lowest BCUT2D eigenvalue weighted by molar-refractivity contribution is -0.137. The Morgan fingerprint density at radius 2 is 1.55 bits per heavy atom. The molecular formula is C22H25F3N2O3S. The highest BCUT2D eigenvalue weighted by molar-refractivity contribution is 7.90. The molecule has 0 radical (unpaired) electrons. The normalized spacial score (nSPS) is 15.5. The molecule has 9 heteroatoms. The molecule has 1 heterocycles. The fraction of sp³-hybridized carbons (Fsp3) is 0.409. The lowest BCUT2D eigenvalue weighted by Crippen LogP contribution is -2.49. The van der Waals surface area contributed by atoms with E-state index in [1.54, 1.807) is 11.0 Å². The second-order valence-electron chi connectivity index (χ2n) is 8.00. The maximum atomic E-state index is 13.2. The van der Waals surface area contributed by atoms with Crippen LogP contribution >= 0.6 is 0 Å². The number of hydrogen-bond acceptors (Lipinski definition) is 4. The molecule has 31 heavy (non-hydrogen) atoms. The van der Waals surface area contributed by atoms with Gasteiger partial charge in [0.2, 0.25) is 0 Å². The summed E-state index contributed by atoms with van der Waals surface area (Å²) in [5, 5.41) is 0. The monoisotopic (exact) mass is 454 g/mol. The lowest BCUT2D eigenvalue weighted by Gasteiger charge is -2.36. The number of carbonyl (C=O) groups excluding carboxylic acids is 1. The number of halogens is 3. The van der Waals surface area contributed by atoms with Gasteiger partial charge in [-0.25, -0.2) is 8.42 Å². The molecule has 1 aliphatic rings. The molecule has 0 unspecified atom stereocenters. The van der Waals surface area contributed by atoms with Gasteiger partial charge in [0.05, 0.1) is 10.5 Å². The van der Waals surface area contributed by atoms with E-state index in [0.717, 1.165) is 24.0 Å². The zero-order chi connectivity index (χ0) is 23.0. The van der Waals surface area contributed by atoms with Crippen LogP contribution in [0.15, 0.2) is 47.4 Å². The molecule has 0 atom stereocenters. The Bertz CT molecular complexity index is 1060. The molecule has 2 aromatic rings. The topological polar surface area (TPSA) is 57.7 Å². The molecule has 0 N–H and O–H groups in total. The Hall–Kier alpha value is -2.55. The Labute approximate surface area is 180 Å². The van der Waals surface area contributed by atoms with Crippen LogP contribution in [0, 0.1) is 0 Å². The Balaban J connectivity index is 1.76. The highest BCUT2D eigenvalue weighted by Crippen LogP contribution is 2.31. The summed E-state index contributed by atoms with van der Waals surface area (Å²) in [6.45, 7) is 5.60. The van der Waals surface area contributed by atoms with Gasteiger partial charge >= 0.3 is 6.18 Å². The second-order valence-corrected chi connectivity index (χ2v) is 10.0. The van der Waals surface area contributed by atoms with Crippen LogP contribution in [0.4, 0.5) is 18.9 Å². The van der Waals surface area contributed by atoms with E-state index in [1.807, 2.05) is 18.7 Å². The zero-order valence-corrected chi connectivity index (χ0v) is 18.4. The predicted octanol–water partition coefficient (Wildman–Crippen LogP) is 4.19. The third kappa shape index (κ3) is 5.20. The predicted molar refractivity (Wildman–Crippen MR) is 113 cm³/mol. The second kappa shape index (κ2) is 8.53. The third-order valence-corrected chi connectivity index (χ3v) is 6.54. The minimum atomic E-state index is -4.38. The molecule has 3 rings (SSSR count). The number of hydrogen-bond donors (Lipinski definition) is 0. The molecule has 1 saturated heterocycles. The van der Waals surface area contributed by atoms with Crippen molar-refractivity contribution in [3.63, 3.8) is 0 Å². The van der Waals surface area contributed by atoms with Crippen LogP contribution in [0.2, 0.25) is 0 Å². The smallest absolute Gasteiger partial charge is 0.368 e. The van der Waals surface area contributed by atoms with E-state index in [1.165, 1.54) is 24.3 Å². The van der Waals surface area contributed by atoms with Crippen LogP contribution in [0.25, 0.3) is 0 Å². The number of nitrogens with zero attached hydrogens (tertiary/aromatic N) is 2. The van der Waals surface area contributed by atoms with E-state index in [0.29, 0.717) is 37.4 Å². The molecule has 0 spiro atoms. The van der Waals surface area contributed by atoms with Crippen molar-refractivity contribution in [3.8, 4) is 0 Å². The van der Waals surface area contributed by atoms with Gasteiger partial charge in [0.15, 0.2) is 9.84 Å². The average Bonchev–Trinajstić information content (AvgIpc) is 2.71. The first kappa shape index (κ1) is 23.1. The number of sulfone groups is 1. The van der Waals surface area contributed by atoms with Crippen LogP contribution in [-0.4, -0.2) is 51.7 Å². The molecule has 0 bridgehead atoms. The molecule has 2 aromatic carbocycles. The Kier molecular flexibility index (Phi) is 6.36. The fourth-order valence-electron chi connectivity index (χ4n) is 3.65. The fourth-order valence-corrected chi connectivity index (χ4v) is 4.30. The van der Waals surface area contributed by atoms with Crippen molar-refractivity contribution in [2.45, 2.75) is 30.8 Å². The largest absolute Gasteiger partial charge is 0.416 e. The summed E-state index contributed by atoms with van der Waals surface area (Å²) in [6, 6.07) is 9.63. The van der Waals surface area contributed by atoms with E-state index in [4.69, 9.17) is 0 Å². The van der Waals surface area contributed by atoms with Gasteiger partial charge in [-0.05, 0) is 47.9 Å². The van der Waals surface area contributed by atoms with E-state index < -0.39 is 21.6 Å². The van der Waals surface area contributed by atoms with Gasteiger partial charge < -0.3 is 9.80 Å². The van der Waals surface area contributed by atoms with Crippen LogP contribution in [0.5, 0.6) is 0 Å². The summed E-state index contributed by atoms with van der Waals surface area (Å²) in [4.78, 5) is 16.9. The van der Waals surface area contributed by atoms with E-state index in [-0.39, 0.29) is 16.7 Å². The van der Waals surface area contributed by atoms with Crippen molar-refractivity contribution in [1.82, 2.24) is 4.90 Å². The van der Waals surface area contributed by atoms with Gasteiger partial charge in [-0.15, -0.1) is 0 Å². The summed E-state index contributed by atoms with van der Waals surface area (Å²) in [7, 11) is -3.45. The molecule has 168 valence electrons. The van der Waals surface area contributed by atoms with Gasteiger partial charge in [0.25, 0.3) is 5.91 Å². The minimum absolute atomic E-state index is 0.0426. The number of anilines is 1. The molecule has 0 saturated carbocycles. The first-order valence-corrected chi connectivity index (χ1v) is 11.8. The van der Waals surface area contributed by atoms with Crippen molar-refractivity contribution >= 4 is 21.4 Å². The summed E-state index contributed by atoms with van der Waals surface area (Å²) >= 11 is 0. The minimum Gasteiger partial charge on any atom is -0.368 e. The molecule has 1 aliphatic heterocycles. The maximum absolute atomic E-state index is 13.2. The molecule has 0 aliphatic carbocycles. The summed E-state index contributed by atoms with van der Waals surface area (Å²) < 4.78 is 62.2. The Morgan fingerprint density at radius 3 is 2.03 bits per heavy atom. The maximum Gasteiger partial charge on any atom is 0.416 e. The van der Waals surface area contributed by atoms with Gasteiger partial charge in [-0.2, -0.15) is 13.2 Å². The number of rotatable bonds is 4. The molecule has 1 fully saturated rings. The van der Waals surface area contributed by atoms with E-state index in [2.05, 4.69) is 0 Å². The highest BCUT2D eigenvalue weighted by Gasteiger charge is 2.31. The van der Waals surface area contributed by atoms with Crippen LogP contribution in [0.3, 0.4) is 0 Å². The van der Waals surface area contributed by atoms with Gasteiger partial charge in [-0.3, -0.25) is 4.79 Å². The lowest BCUT2D eigenvalue weighted by atomic mass is 9.96. The molecule has 0 aromatic heterocycles. The molecule has 1 amide bonds. The third-order valence-electron chi connectivity index (χ3n) is 5.43. The first-order chi connectivity index (χ1) is 14.4. The standard InChI is InChI=1S/C22H25F3N2O3S/c1-15(2)19-9-8-18(31(3,29)30)14-20(19)21(28)27-12-10-26(11-13-27)17-6-4-16(5-7-17)22(23,24)25/h4-9,14-15H,10-13H2,1-3H3. The van der Waals surface area contributed by atoms with Crippen molar-refractivity contribution in [3.05, 3.63) is 59.2 Å². The average molecular weight is 455 g/mol. The number of piperazine rings is 1. The zero-order valence-electron chi connectivity index (χ0n) is 17.6. The van der Waals surface area contributed by atoms with Gasteiger partial charge in [0.1, 0.15) is 0 Å². The van der Waals surface area contributed by atoms with Gasteiger partial charge in [-0.1, -0.05) is 19.9 Å². The summed E-state index contributed by atoms with van der Waals surface area (Å²) in [5.41, 5.74) is 1.13. The van der Waals surface area contributed by atoms with Crippen LogP contribution < -0.4 is 4.90 Å². The summed E-state index contributed by atoms with van der Waals surface area (Å²) in [6.07, 6.45) is -3.27. The molecular weight excluding hydrogens is 429 g/mol. The number of alkyl halides is 3. The van der Waals surface area contributed by atoms with Crippen molar-refractivity contribution in [2.75, 3.05) is 37.3 Å². The number of benzene rings is 2. The number of carbonyl (C=O) groups is 1. The van der Waals surface area contributed by atoms with Crippen molar-refractivity contribution < 1.29 is 26.4 Å².